The Kier molecular flexibility index (Phi) is 3.91. The van der Waals surface area contributed by atoms with E-state index in [2.05, 4.69) is 49.3 Å². The molecule has 0 aromatic heterocycles. The second kappa shape index (κ2) is 5.67. The van der Waals surface area contributed by atoms with E-state index in [0.717, 1.165) is 12.0 Å². The zero-order valence-corrected chi connectivity index (χ0v) is 13.2. The van der Waals surface area contributed by atoms with Gasteiger partial charge in [-0.15, -0.1) is 0 Å². The Morgan fingerprint density at radius 2 is 2.00 bits per heavy atom. The highest BCUT2D eigenvalue weighted by Crippen LogP contribution is 2.33. The normalized spacial score (nSPS) is 29.4. The number of fused-ring (bicyclic) bond motifs is 1. The van der Waals surface area contributed by atoms with Crippen molar-refractivity contribution < 1.29 is 0 Å². The van der Waals surface area contributed by atoms with Crippen LogP contribution in [0.15, 0.2) is 18.2 Å². The minimum atomic E-state index is 0.616. The lowest BCUT2D eigenvalue weighted by molar-refractivity contribution is 0.336. The maximum atomic E-state index is 3.59. The van der Waals surface area contributed by atoms with Crippen LogP contribution in [0.4, 0.5) is 11.4 Å². The third-order valence-corrected chi connectivity index (χ3v) is 5.20. The number of nitrogens with one attached hydrogen (secondary N) is 1. The molecule has 0 radical (unpaired) electrons. The molecule has 2 heteroatoms. The van der Waals surface area contributed by atoms with Gasteiger partial charge in [-0.3, -0.25) is 0 Å². The summed E-state index contributed by atoms with van der Waals surface area (Å²) in [6.07, 6.45) is 7.97. The molecule has 1 aromatic carbocycles. The molecule has 20 heavy (non-hydrogen) atoms. The molecule has 0 amide bonds. The topological polar surface area (TPSA) is 15.3 Å². The van der Waals surface area contributed by atoms with Gasteiger partial charge in [0.15, 0.2) is 0 Å². The molecule has 0 spiro atoms. The van der Waals surface area contributed by atoms with Crippen LogP contribution < -0.4 is 10.2 Å². The van der Waals surface area contributed by atoms with Gasteiger partial charge < -0.3 is 10.2 Å². The lowest BCUT2D eigenvalue weighted by Crippen LogP contribution is -2.35. The molecule has 3 unspecified atom stereocenters. The van der Waals surface area contributed by atoms with Crippen LogP contribution in [-0.2, 0) is 6.42 Å². The molecule has 110 valence electrons. The Morgan fingerprint density at radius 3 is 2.80 bits per heavy atom. The van der Waals surface area contributed by atoms with Crippen LogP contribution in [0.3, 0.4) is 0 Å². The quantitative estimate of drug-likeness (QED) is 0.855. The maximum Gasteiger partial charge on any atom is 0.0376 e. The minimum Gasteiger partial charge on any atom is -0.382 e. The van der Waals surface area contributed by atoms with E-state index in [1.807, 2.05) is 0 Å². The van der Waals surface area contributed by atoms with E-state index >= 15 is 0 Å². The first-order valence-electron chi connectivity index (χ1n) is 8.26. The predicted molar refractivity (Wildman–Crippen MR) is 87.7 cm³/mol. The second-order valence-corrected chi connectivity index (χ2v) is 6.96. The molecule has 3 rings (SSSR count). The molecule has 0 saturated heterocycles. The average molecular weight is 272 g/mol. The first-order chi connectivity index (χ1) is 9.63. The first kappa shape index (κ1) is 13.8. The lowest BCUT2D eigenvalue weighted by Gasteiger charge is -2.36. The SMILES string of the molecule is CC1CCCC(N(C)c2ccc3c(c2)CCC(C)N3)C1. The summed E-state index contributed by atoms with van der Waals surface area (Å²) >= 11 is 0. The molecule has 1 aliphatic heterocycles. The number of rotatable bonds is 2. The summed E-state index contributed by atoms with van der Waals surface area (Å²) in [5, 5.41) is 3.59. The number of nitrogens with zero attached hydrogens (tertiary/aromatic N) is 1. The van der Waals surface area contributed by atoms with Gasteiger partial charge in [-0.1, -0.05) is 19.8 Å². The van der Waals surface area contributed by atoms with E-state index in [1.165, 1.54) is 55.5 Å². The van der Waals surface area contributed by atoms with Crippen molar-refractivity contribution in [1.29, 1.82) is 0 Å². The van der Waals surface area contributed by atoms with E-state index in [0.29, 0.717) is 6.04 Å². The lowest BCUT2D eigenvalue weighted by atomic mass is 9.86. The van der Waals surface area contributed by atoms with Gasteiger partial charge in [-0.25, -0.2) is 0 Å². The molecule has 1 aliphatic carbocycles. The molecule has 1 saturated carbocycles. The average Bonchev–Trinajstić information content (AvgIpc) is 2.46. The molecule has 1 heterocycles. The van der Waals surface area contributed by atoms with E-state index in [4.69, 9.17) is 0 Å². The summed E-state index contributed by atoms with van der Waals surface area (Å²) in [6, 6.07) is 8.33. The summed E-state index contributed by atoms with van der Waals surface area (Å²) in [5.41, 5.74) is 4.24. The van der Waals surface area contributed by atoms with Crippen molar-refractivity contribution in [2.24, 2.45) is 5.92 Å². The third-order valence-electron chi connectivity index (χ3n) is 5.20. The summed E-state index contributed by atoms with van der Waals surface area (Å²) in [5.74, 6) is 0.886. The van der Waals surface area contributed by atoms with Gasteiger partial charge in [0.25, 0.3) is 0 Å². The van der Waals surface area contributed by atoms with Crippen LogP contribution in [0.1, 0.15) is 51.5 Å². The molecule has 3 atom stereocenters. The number of benzene rings is 1. The van der Waals surface area contributed by atoms with Crippen LogP contribution in [-0.4, -0.2) is 19.1 Å². The van der Waals surface area contributed by atoms with Crippen LogP contribution in [0.5, 0.6) is 0 Å². The number of hydrogen-bond donors (Lipinski definition) is 1. The van der Waals surface area contributed by atoms with Gasteiger partial charge in [0.05, 0.1) is 0 Å². The van der Waals surface area contributed by atoms with Gasteiger partial charge in [0.2, 0.25) is 0 Å². The molecule has 1 N–H and O–H groups in total. The Labute approximate surface area is 123 Å². The maximum absolute atomic E-state index is 3.59. The Bertz CT molecular complexity index is 468. The summed E-state index contributed by atoms with van der Waals surface area (Å²) in [6.45, 7) is 4.67. The van der Waals surface area contributed by atoms with Crippen molar-refractivity contribution in [2.75, 3.05) is 17.3 Å². The van der Waals surface area contributed by atoms with Crippen LogP contribution in [0, 0.1) is 5.92 Å². The molecule has 2 nitrogen and oxygen atoms in total. The standard InChI is InChI=1S/C18H28N2/c1-13-5-4-6-16(11-13)20(3)17-9-10-18-15(12-17)8-7-14(2)19-18/h9-10,12-14,16,19H,4-8,11H2,1-3H3. The minimum absolute atomic E-state index is 0.616. The monoisotopic (exact) mass is 272 g/mol. The fourth-order valence-corrected chi connectivity index (χ4v) is 3.82. The molecular formula is C18H28N2. The van der Waals surface area contributed by atoms with E-state index in [1.54, 1.807) is 0 Å². The first-order valence-corrected chi connectivity index (χ1v) is 8.26. The molecular weight excluding hydrogens is 244 g/mol. The van der Waals surface area contributed by atoms with Crippen molar-refractivity contribution >= 4 is 11.4 Å². The predicted octanol–water partition coefficient (Wildman–Crippen LogP) is 4.45. The van der Waals surface area contributed by atoms with Crippen LogP contribution >= 0.6 is 0 Å². The number of hydrogen-bond acceptors (Lipinski definition) is 2. The van der Waals surface area contributed by atoms with E-state index < -0.39 is 0 Å². The summed E-state index contributed by atoms with van der Waals surface area (Å²) in [4.78, 5) is 2.52. The molecule has 0 bridgehead atoms. The fourth-order valence-electron chi connectivity index (χ4n) is 3.82. The van der Waals surface area contributed by atoms with Crippen molar-refractivity contribution in [1.82, 2.24) is 0 Å². The summed E-state index contributed by atoms with van der Waals surface area (Å²) in [7, 11) is 2.28. The van der Waals surface area contributed by atoms with Crippen molar-refractivity contribution in [3.63, 3.8) is 0 Å². The Hall–Kier alpha value is -1.18. The largest absolute Gasteiger partial charge is 0.382 e. The Morgan fingerprint density at radius 1 is 1.15 bits per heavy atom. The van der Waals surface area contributed by atoms with Crippen LogP contribution in [0.25, 0.3) is 0 Å². The number of aryl methyl sites for hydroxylation is 1. The highest BCUT2D eigenvalue weighted by molar-refractivity contribution is 5.62. The molecule has 1 fully saturated rings. The van der Waals surface area contributed by atoms with Crippen molar-refractivity contribution in [3.05, 3.63) is 23.8 Å². The molecule has 2 aliphatic rings. The second-order valence-electron chi connectivity index (χ2n) is 6.96. The third kappa shape index (κ3) is 2.79. The van der Waals surface area contributed by atoms with Gasteiger partial charge >= 0.3 is 0 Å². The van der Waals surface area contributed by atoms with Gasteiger partial charge in [0.1, 0.15) is 0 Å². The smallest absolute Gasteiger partial charge is 0.0376 e. The molecule has 1 aromatic rings. The summed E-state index contributed by atoms with van der Waals surface area (Å²) < 4.78 is 0. The highest BCUT2D eigenvalue weighted by Gasteiger charge is 2.23. The Balaban J connectivity index is 1.76. The fraction of sp³-hybridized carbons (Fsp3) is 0.667. The van der Waals surface area contributed by atoms with Gasteiger partial charge in [0, 0.05) is 30.5 Å². The number of anilines is 2. The zero-order chi connectivity index (χ0) is 14.1. The van der Waals surface area contributed by atoms with Crippen molar-refractivity contribution in [2.45, 2.75) is 64.5 Å². The van der Waals surface area contributed by atoms with Crippen molar-refractivity contribution in [3.8, 4) is 0 Å². The van der Waals surface area contributed by atoms with E-state index in [-0.39, 0.29) is 0 Å². The van der Waals surface area contributed by atoms with Gasteiger partial charge in [-0.05, 0) is 62.3 Å². The highest BCUT2D eigenvalue weighted by atomic mass is 15.1. The van der Waals surface area contributed by atoms with Gasteiger partial charge in [-0.2, -0.15) is 0 Å². The zero-order valence-electron chi connectivity index (χ0n) is 13.2. The van der Waals surface area contributed by atoms with Crippen LogP contribution in [0.2, 0.25) is 0 Å². The van der Waals surface area contributed by atoms with E-state index in [9.17, 15) is 0 Å².